The van der Waals surface area contributed by atoms with Crippen molar-refractivity contribution in [3.8, 4) is 5.69 Å². The molecule has 0 amide bonds. The van der Waals surface area contributed by atoms with Crippen LogP contribution in [0, 0.1) is 0 Å². The van der Waals surface area contributed by atoms with Crippen molar-refractivity contribution in [2.24, 2.45) is 0 Å². The predicted molar refractivity (Wildman–Crippen MR) is 63.0 cm³/mol. The molecule has 0 spiro atoms. The summed E-state index contributed by atoms with van der Waals surface area (Å²) in [5.41, 5.74) is 1.27. The second-order valence-corrected chi connectivity index (χ2v) is 4.19. The average Bonchev–Trinajstić information content (AvgIpc) is 2.80. The van der Waals surface area contributed by atoms with Crippen LogP contribution in [0.2, 0.25) is 0 Å². The van der Waals surface area contributed by atoms with Gasteiger partial charge in [0.2, 0.25) is 0 Å². The van der Waals surface area contributed by atoms with E-state index in [0.717, 1.165) is 5.69 Å². The summed E-state index contributed by atoms with van der Waals surface area (Å²) in [5, 5.41) is 9.75. The van der Waals surface area contributed by atoms with E-state index >= 15 is 0 Å². The van der Waals surface area contributed by atoms with Crippen molar-refractivity contribution in [1.29, 1.82) is 0 Å². The topological polar surface area (TPSA) is 47.8 Å². The van der Waals surface area contributed by atoms with Crippen molar-refractivity contribution in [3.63, 3.8) is 0 Å². The Morgan fingerprint density at radius 3 is 2.75 bits per heavy atom. The first-order valence-electron chi connectivity index (χ1n) is 4.75. The molecule has 3 rings (SSSR count). The van der Waals surface area contributed by atoms with Crippen LogP contribution in [0.5, 0.6) is 0 Å². The summed E-state index contributed by atoms with van der Waals surface area (Å²) in [5.74, 6) is 0. The van der Waals surface area contributed by atoms with E-state index < -0.39 is 0 Å². The Labute approximate surface area is 94.8 Å². The highest BCUT2D eigenvalue weighted by Crippen LogP contribution is 2.13. The van der Waals surface area contributed by atoms with Gasteiger partial charge in [-0.15, -0.1) is 16.4 Å². The fraction of sp³-hybridized carbons (Fsp3) is 0. The molecular formula is C11H7N3OS. The molecular weight excluding hydrogens is 222 g/mol. The van der Waals surface area contributed by atoms with E-state index in [1.165, 1.54) is 16.0 Å². The minimum atomic E-state index is -0.119. The van der Waals surface area contributed by atoms with Gasteiger partial charge in [0, 0.05) is 0 Å². The molecule has 0 bridgehead atoms. The molecule has 16 heavy (non-hydrogen) atoms. The van der Waals surface area contributed by atoms with Gasteiger partial charge < -0.3 is 0 Å². The van der Waals surface area contributed by atoms with Crippen LogP contribution in [0.15, 0.2) is 46.6 Å². The highest BCUT2D eigenvalue weighted by molar-refractivity contribution is 7.17. The van der Waals surface area contributed by atoms with Gasteiger partial charge in [-0.25, -0.2) is 0 Å². The number of aromatic nitrogens is 3. The standard InChI is InChI=1S/C11H7N3OS/c15-11-10-9(6-7-16-10)12-13-14(11)8-4-2-1-3-5-8/h1-7H. The summed E-state index contributed by atoms with van der Waals surface area (Å²) < 4.78 is 1.96. The summed E-state index contributed by atoms with van der Waals surface area (Å²) in [4.78, 5) is 12.1. The lowest BCUT2D eigenvalue weighted by molar-refractivity contribution is 0.740. The van der Waals surface area contributed by atoms with Gasteiger partial charge in [0.15, 0.2) is 0 Å². The number of para-hydroxylation sites is 1. The zero-order chi connectivity index (χ0) is 11.0. The zero-order valence-corrected chi connectivity index (χ0v) is 9.02. The minimum absolute atomic E-state index is 0.119. The molecule has 5 heteroatoms. The van der Waals surface area contributed by atoms with E-state index in [1.54, 1.807) is 6.07 Å². The van der Waals surface area contributed by atoms with Gasteiger partial charge >= 0.3 is 0 Å². The van der Waals surface area contributed by atoms with Crippen LogP contribution in [0.25, 0.3) is 15.9 Å². The summed E-state index contributed by atoms with van der Waals surface area (Å²) in [7, 11) is 0. The van der Waals surface area contributed by atoms with Crippen molar-refractivity contribution in [2.75, 3.05) is 0 Å². The molecule has 78 valence electrons. The fourth-order valence-electron chi connectivity index (χ4n) is 1.51. The van der Waals surface area contributed by atoms with Gasteiger partial charge in [-0.3, -0.25) is 4.79 Å². The minimum Gasteiger partial charge on any atom is -0.266 e. The highest BCUT2D eigenvalue weighted by atomic mass is 32.1. The predicted octanol–water partition coefficient (Wildman–Crippen LogP) is 1.84. The number of hydrogen-bond acceptors (Lipinski definition) is 4. The van der Waals surface area contributed by atoms with Crippen LogP contribution in [0.4, 0.5) is 0 Å². The largest absolute Gasteiger partial charge is 0.292 e. The second-order valence-electron chi connectivity index (χ2n) is 3.28. The third-order valence-corrected chi connectivity index (χ3v) is 3.17. The molecule has 3 aromatic rings. The average molecular weight is 229 g/mol. The van der Waals surface area contributed by atoms with Crippen LogP contribution < -0.4 is 5.56 Å². The van der Waals surface area contributed by atoms with Crippen molar-refractivity contribution in [3.05, 3.63) is 52.1 Å². The van der Waals surface area contributed by atoms with Gasteiger partial charge in [0.1, 0.15) is 10.2 Å². The molecule has 0 N–H and O–H groups in total. The molecule has 0 unspecified atom stereocenters. The molecule has 0 atom stereocenters. The van der Waals surface area contributed by atoms with Gasteiger partial charge in [0.25, 0.3) is 5.56 Å². The quantitative estimate of drug-likeness (QED) is 0.639. The Kier molecular flexibility index (Phi) is 2.04. The molecule has 1 aromatic carbocycles. The molecule has 2 aromatic heterocycles. The summed E-state index contributed by atoms with van der Waals surface area (Å²) in [6.07, 6.45) is 0. The number of rotatable bonds is 1. The number of nitrogens with zero attached hydrogens (tertiary/aromatic N) is 3. The van der Waals surface area contributed by atoms with Gasteiger partial charge in [-0.1, -0.05) is 23.4 Å². The maximum absolute atomic E-state index is 12.1. The molecule has 0 aliphatic heterocycles. The Morgan fingerprint density at radius 2 is 1.94 bits per heavy atom. The molecule has 0 aliphatic carbocycles. The monoisotopic (exact) mass is 229 g/mol. The SMILES string of the molecule is O=c1c2sccc2nnn1-c1ccccc1. The van der Waals surface area contributed by atoms with E-state index in [2.05, 4.69) is 10.3 Å². The molecule has 0 saturated carbocycles. The van der Waals surface area contributed by atoms with E-state index in [-0.39, 0.29) is 5.56 Å². The number of hydrogen-bond donors (Lipinski definition) is 0. The lowest BCUT2D eigenvalue weighted by Gasteiger charge is -2.01. The first kappa shape index (κ1) is 9.23. The Hall–Kier alpha value is -2.01. The highest BCUT2D eigenvalue weighted by Gasteiger charge is 2.07. The Morgan fingerprint density at radius 1 is 1.12 bits per heavy atom. The Balaban J connectivity index is 2.33. The second kappa shape index (κ2) is 3.53. The lowest BCUT2D eigenvalue weighted by Crippen LogP contribution is -2.21. The molecule has 4 nitrogen and oxygen atoms in total. The van der Waals surface area contributed by atoms with Crippen LogP contribution >= 0.6 is 11.3 Å². The summed E-state index contributed by atoms with van der Waals surface area (Å²) in [6.45, 7) is 0. The van der Waals surface area contributed by atoms with Crippen molar-refractivity contribution < 1.29 is 0 Å². The fourth-order valence-corrected chi connectivity index (χ4v) is 2.26. The van der Waals surface area contributed by atoms with Crippen molar-refractivity contribution >= 4 is 21.6 Å². The number of fused-ring (bicyclic) bond motifs is 1. The summed E-state index contributed by atoms with van der Waals surface area (Å²) >= 11 is 1.39. The number of benzene rings is 1. The maximum atomic E-state index is 12.1. The van der Waals surface area contributed by atoms with E-state index in [1.807, 2.05) is 35.7 Å². The van der Waals surface area contributed by atoms with Gasteiger partial charge in [0.05, 0.1) is 5.69 Å². The molecule has 0 aliphatic rings. The molecule has 0 saturated heterocycles. The first-order chi connectivity index (χ1) is 7.86. The zero-order valence-electron chi connectivity index (χ0n) is 8.20. The third kappa shape index (κ3) is 1.33. The molecule has 0 radical (unpaired) electrons. The van der Waals surface area contributed by atoms with Gasteiger partial charge in [-0.05, 0) is 23.6 Å². The van der Waals surface area contributed by atoms with Crippen LogP contribution in [-0.2, 0) is 0 Å². The Bertz CT molecular complexity index is 687. The van der Waals surface area contributed by atoms with E-state index in [0.29, 0.717) is 10.2 Å². The van der Waals surface area contributed by atoms with Gasteiger partial charge in [-0.2, -0.15) is 4.68 Å². The van der Waals surface area contributed by atoms with Crippen LogP contribution in [0.1, 0.15) is 0 Å². The molecule has 2 heterocycles. The number of thiophene rings is 1. The van der Waals surface area contributed by atoms with Crippen LogP contribution in [-0.4, -0.2) is 15.0 Å². The van der Waals surface area contributed by atoms with Crippen molar-refractivity contribution in [1.82, 2.24) is 15.0 Å². The molecule has 0 fully saturated rings. The van der Waals surface area contributed by atoms with E-state index in [9.17, 15) is 4.79 Å². The third-order valence-electron chi connectivity index (χ3n) is 2.27. The smallest absolute Gasteiger partial charge is 0.266 e. The van der Waals surface area contributed by atoms with E-state index in [4.69, 9.17) is 0 Å². The first-order valence-corrected chi connectivity index (χ1v) is 5.63. The maximum Gasteiger partial charge on any atom is 0.292 e. The normalized spacial score (nSPS) is 10.8. The van der Waals surface area contributed by atoms with Crippen molar-refractivity contribution in [2.45, 2.75) is 0 Å². The van der Waals surface area contributed by atoms with Crippen LogP contribution in [0.3, 0.4) is 0 Å². The summed E-state index contributed by atoms with van der Waals surface area (Å²) in [6, 6.07) is 11.1. The lowest BCUT2D eigenvalue weighted by atomic mass is 10.3.